The first-order chi connectivity index (χ1) is 8.08. The summed E-state index contributed by atoms with van der Waals surface area (Å²) in [7, 11) is 0. The summed E-state index contributed by atoms with van der Waals surface area (Å²) in [5, 5.41) is 0. The second kappa shape index (κ2) is 4.90. The molecule has 1 fully saturated rings. The molecule has 0 radical (unpaired) electrons. The van der Waals surface area contributed by atoms with Gasteiger partial charge in [-0.05, 0) is 18.3 Å². The van der Waals surface area contributed by atoms with Crippen LogP contribution in [0.4, 0.5) is 0 Å². The molecule has 4 heteroatoms. The molecule has 2 rings (SSSR count). The standard InChI is InChI=1S/C13H18O4/c1-8(14)16-6-12-10-3-4-11(5-10)13(12)7-17-9(2)15/h3-4,10-13H,5-7H2,1-2H3/t10-,11+,12-,13-/m0/s1. The molecule has 0 saturated heterocycles. The lowest BCUT2D eigenvalue weighted by molar-refractivity contribution is -0.147. The number of hydrogen-bond donors (Lipinski definition) is 0. The topological polar surface area (TPSA) is 52.6 Å². The molecule has 2 aliphatic carbocycles. The summed E-state index contributed by atoms with van der Waals surface area (Å²) in [5.74, 6) is 1.05. The van der Waals surface area contributed by atoms with Gasteiger partial charge in [0.2, 0.25) is 0 Å². The minimum absolute atomic E-state index is 0.247. The van der Waals surface area contributed by atoms with Crippen molar-refractivity contribution in [1.29, 1.82) is 0 Å². The van der Waals surface area contributed by atoms with Gasteiger partial charge >= 0.3 is 11.9 Å². The lowest BCUT2D eigenvalue weighted by Crippen LogP contribution is -2.29. The van der Waals surface area contributed by atoms with Crippen molar-refractivity contribution in [2.45, 2.75) is 20.3 Å². The van der Waals surface area contributed by atoms with Crippen LogP contribution in [-0.4, -0.2) is 25.2 Å². The van der Waals surface area contributed by atoms with Crippen LogP contribution < -0.4 is 0 Å². The Kier molecular flexibility index (Phi) is 3.50. The molecule has 0 spiro atoms. The Morgan fingerprint density at radius 1 is 1.00 bits per heavy atom. The van der Waals surface area contributed by atoms with Crippen molar-refractivity contribution < 1.29 is 19.1 Å². The van der Waals surface area contributed by atoms with Crippen LogP contribution in [0.1, 0.15) is 20.3 Å². The molecule has 0 unspecified atom stereocenters. The van der Waals surface area contributed by atoms with Gasteiger partial charge in [-0.3, -0.25) is 9.59 Å². The zero-order valence-corrected chi connectivity index (χ0v) is 10.2. The zero-order chi connectivity index (χ0) is 12.4. The largest absolute Gasteiger partial charge is 0.466 e. The number of fused-ring (bicyclic) bond motifs is 2. The van der Waals surface area contributed by atoms with Crippen LogP contribution in [0.5, 0.6) is 0 Å². The Morgan fingerprint density at radius 3 is 1.76 bits per heavy atom. The molecule has 0 aromatic rings. The third kappa shape index (κ3) is 2.68. The molecule has 0 heterocycles. The van der Waals surface area contributed by atoms with Crippen LogP contribution >= 0.6 is 0 Å². The summed E-state index contributed by atoms with van der Waals surface area (Å²) in [6, 6.07) is 0. The van der Waals surface area contributed by atoms with Crippen LogP contribution in [-0.2, 0) is 19.1 Å². The van der Waals surface area contributed by atoms with Gasteiger partial charge < -0.3 is 9.47 Å². The van der Waals surface area contributed by atoms with E-state index in [1.807, 2.05) is 0 Å². The van der Waals surface area contributed by atoms with Crippen molar-refractivity contribution in [3.05, 3.63) is 12.2 Å². The Hall–Kier alpha value is -1.32. The molecule has 0 aromatic heterocycles. The SMILES string of the molecule is CC(=O)OC[C@@H]1[C@@H](COC(C)=O)[C@H]2C=C[C@@H]1C2. The number of hydrogen-bond acceptors (Lipinski definition) is 4. The van der Waals surface area contributed by atoms with Gasteiger partial charge in [-0.1, -0.05) is 12.2 Å². The number of carbonyl (C=O) groups is 2. The molecule has 94 valence electrons. The van der Waals surface area contributed by atoms with Crippen LogP contribution in [0, 0.1) is 23.7 Å². The fraction of sp³-hybridized carbons (Fsp3) is 0.692. The Morgan fingerprint density at radius 2 is 1.41 bits per heavy atom. The predicted octanol–water partition coefficient (Wildman–Crippen LogP) is 1.55. The average Bonchev–Trinajstić information content (AvgIpc) is 2.83. The molecule has 4 nitrogen and oxygen atoms in total. The van der Waals surface area contributed by atoms with Crippen molar-refractivity contribution in [3.63, 3.8) is 0 Å². The summed E-state index contributed by atoms with van der Waals surface area (Å²) in [4.78, 5) is 21.7. The summed E-state index contributed by atoms with van der Waals surface area (Å²) in [6.45, 7) is 3.72. The van der Waals surface area contributed by atoms with Gasteiger partial charge in [0.1, 0.15) is 0 Å². The maximum Gasteiger partial charge on any atom is 0.302 e. The first-order valence-electron chi connectivity index (χ1n) is 6.03. The predicted molar refractivity (Wildman–Crippen MR) is 61.0 cm³/mol. The molecule has 2 aliphatic rings. The van der Waals surface area contributed by atoms with Crippen molar-refractivity contribution in [2.75, 3.05) is 13.2 Å². The average molecular weight is 238 g/mol. The quantitative estimate of drug-likeness (QED) is 0.551. The smallest absolute Gasteiger partial charge is 0.302 e. The summed E-state index contributed by atoms with van der Waals surface area (Å²) in [5.41, 5.74) is 0. The van der Waals surface area contributed by atoms with Crippen LogP contribution in [0.25, 0.3) is 0 Å². The third-order valence-corrected chi connectivity index (χ3v) is 3.76. The maximum atomic E-state index is 10.9. The Balaban J connectivity index is 1.94. The van der Waals surface area contributed by atoms with E-state index in [4.69, 9.17) is 9.47 Å². The van der Waals surface area contributed by atoms with E-state index >= 15 is 0 Å². The van der Waals surface area contributed by atoms with E-state index in [1.165, 1.54) is 13.8 Å². The van der Waals surface area contributed by atoms with Gasteiger partial charge in [-0.15, -0.1) is 0 Å². The van der Waals surface area contributed by atoms with Crippen molar-refractivity contribution >= 4 is 11.9 Å². The number of rotatable bonds is 4. The molecule has 0 aliphatic heterocycles. The van der Waals surface area contributed by atoms with Crippen molar-refractivity contribution in [3.8, 4) is 0 Å². The second-order valence-corrected chi connectivity index (χ2v) is 4.88. The van der Waals surface area contributed by atoms with Crippen LogP contribution in [0.15, 0.2) is 12.2 Å². The number of ether oxygens (including phenoxy) is 2. The van der Waals surface area contributed by atoms with E-state index in [1.54, 1.807) is 0 Å². The minimum Gasteiger partial charge on any atom is -0.466 e. The lowest BCUT2D eigenvalue weighted by atomic mass is 9.84. The Labute approximate surface area is 101 Å². The summed E-state index contributed by atoms with van der Waals surface area (Å²) >= 11 is 0. The summed E-state index contributed by atoms with van der Waals surface area (Å²) < 4.78 is 10.2. The Bertz CT molecular complexity index is 315. The lowest BCUT2D eigenvalue weighted by Gasteiger charge is -2.26. The number of carbonyl (C=O) groups excluding carboxylic acids is 2. The fourth-order valence-electron chi connectivity index (χ4n) is 2.95. The highest BCUT2D eigenvalue weighted by Gasteiger charge is 2.45. The highest BCUT2D eigenvalue weighted by atomic mass is 16.5. The highest BCUT2D eigenvalue weighted by Crippen LogP contribution is 2.48. The van der Waals surface area contributed by atoms with Crippen molar-refractivity contribution in [1.82, 2.24) is 0 Å². The third-order valence-electron chi connectivity index (χ3n) is 3.76. The van der Waals surface area contributed by atoms with Gasteiger partial charge in [0.05, 0.1) is 13.2 Å². The van der Waals surface area contributed by atoms with Crippen LogP contribution in [0.3, 0.4) is 0 Å². The van der Waals surface area contributed by atoms with E-state index in [0.29, 0.717) is 36.9 Å². The van der Waals surface area contributed by atoms with Gasteiger partial charge in [-0.2, -0.15) is 0 Å². The minimum atomic E-state index is -0.247. The molecular formula is C13H18O4. The van der Waals surface area contributed by atoms with E-state index in [-0.39, 0.29) is 11.9 Å². The molecule has 2 bridgehead atoms. The molecule has 0 aromatic carbocycles. The molecule has 17 heavy (non-hydrogen) atoms. The van der Waals surface area contributed by atoms with Gasteiger partial charge in [-0.25, -0.2) is 0 Å². The second-order valence-electron chi connectivity index (χ2n) is 4.88. The van der Waals surface area contributed by atoms with Gasteiger partial charge in [0.25, 0.3) is 0 Å². The van der Waals surface area contributed by atoms with Crippen LogP contribution in [0.2, 0.25) is 0 Å². The van der Waals surface area contributed by atoms with E-state index in [9.17, 15) is 9.59 Å². The summed E-state index contributed by atoms with van der Waals surface area (Å²) in [6.07, 6.45) is 5.49. The van der Waals surface area contributed by atoms with Gasteiger partial charge in [0, 0.05) is 25.7 Å². The highest BCUT2D eigenvalue weighted by molar-refractivity contribution is 5.66. The first-order valence-corrected chi connectivity index (χ1v) is 6.03. The van der Waals surface area contributed by atoms with E-state index < -0.39 is 0 Å². The maximum absolute atomic E-state index is 10.9. The van der Waals surface area contributed by atoms with Crippen molar-refractivity contribution in [2.24, 2.45) is 23.7 Å². The fourth-order valence-corrected chi connectivity index (χ4v) is 2.95. The molecule has 0 amide bonds. The molecular weight excluding hydrogens is 220 g/mol. The van der Waals surface area contributed by atoms with E-state index in [2.05, 4.69) is 12.2 Å². The zero-order valence-electron chi connectivity index (χ0n) is 10.2. The molecule has 0 N–H and O–H groups in total. The normalized spacial score (nSPS) is 33.8. The molecule has 1 saturated carbocycles. The molecule has 4 atom stereocenters. The van der Waals surface area contributed by atoms with E-state index in [0.717, 1.165) is 6.42 Å². The number of allylic oxidation sites excluding steroid dienone is 2. The number of esters is 2. The monoisotopic (exact) mass is 238 g/mol. The van der Waals surface area contributed by atoms with Gasteiger partial charge in [0.15, 0.2) is 0 Å². The first kappa shape index (κ1) is 12.1.